The van der Waals surface area contributed by atoms with Gasteiger partial charge in [-0.25, -0.2) is 0 Å². The predicted octanol–water partition coefficient (Wildman–Crippen LogP) is 2.59. The van der Waals surface area contributed by atoms with Crippen LogP contribution in [-0.2, 0) is 4.74 Å². The van der Waals surface area contributed by atoms with E-state index in [2.05, 4.69) is 0 Å². The van der Waals surface area contributed by atoms with Gasteiger partial charge in [0.2, 0.25) is 0 Å². The highest BCUT2D eigenvalue weighted by Crippen LogP contribution is 2.67. The summed E-state index contributed by atoms with van der Waals surface area (Å²) in [6.07, 6.45) is 10.4. The van der Waals surface area contributed by atoms with E-state index in [0.717, 1.165) is 36.0 Å². The summed E-state index contributed by atoms with van der Waals surface area (Å²) in [4.78, 5) is 0. The Hall–Kier alpha value is -0.120. The number of rotatable bonds is 0. The first-order valence-electron chi connectivity index (χ1n) is 10.3. The van der Waals surface area contributed by atoms with Crippen molar-refractivity contribution in [3.05, 3.63) is 0 Å². The average molecular weight is 318 g/mol. The fourth-order valence-electron chi connectivity index (χ4n) is 8.56. The minimum atomic E-state index is -0.403. The second kappa shape index (κ2) is 4.74. The molecule has 6 rings (SSSR count). The van der Waals surface area contributed by atoms with Crippen LogP contribution in [0, 0.1) is 47.3 Å². The fraction of sp³-hybridized carbons (Fsp3) is 1.00. The van der Waals surface area contributed by atoms with Crippen LogP contribution in [0.4, 0.5) is 0 Å². The monoisotopic (exact) mass is 318 g/mol. The van der Waals surface area contributed by atoms with Gasteiger partial charge in [0.15, 0.2) is 0 Å². The van der Waals surface area contributed by atoms with E-state index in [1.807, 2.05) is 0 Å². The summed E-state index contributed by atoms with van der Waals surface area (Å²) in [5.74, 6) is 5.44. The third kappa shape index (κ3) is 1.72. The molecule has 0 bridgehead atoms. The van der Waals surface area contributed by atoms with E-state index < -0.39 is 6.10 Å². The third-order valence-electron chi connectivity index (χ3n) is 9.06. The van der Waals surface area contributed by atoms with E-state index in [0.29, 0.717) is 17.9 Å². The van der Waals surface area contributed by atoms with Crippen LogP contribution in [0.25, 0.3) is 0 Å². The van der Waals surface area contributed by atoms with Gasteiger partial charge in [-0.05, 0) is 67.1 Å². The molecule has 128 valence electrons. The van der Waals surface area contributed by atoms with Crippen molar-refractivity contribution in [1.82, 2.24) is 0 Å². The number of epoxide rings is 1. The molecule has 6 fully saturated rings. The lowest BCUT2D eigenvalue weighted by Crippen LogP contribution is -2.64. The van der Waals surface area contributed by atoms with Crippen LogP contribution in [0.2, 0.25) is 0 Å². The summed E-state index contributed by atoms with van der Waals surface area (Å²) in [7, 11) is 0. The Kier molecular flexibility index (Phi) is 2.90. The molecule has 5 aliphatic carbocycles. The number of fused-ring (bicyclic) bond motifs is 5. The molecular formula is C20H30O3. The molecule has 0 spiro atoms. The summed E-state index contributed by atoms with van der Waals surface area (Å²) >= 11 is 0. The van der Waals surface area contributed by atoms with E-state index in [1.165, 1.54) is 44.9 Å². The zero-order valence-corrected chi connectivity index (χ0v) is 13.9. The quantitative estimate of drug-likeness (QED) is 0.675. The molecule has 0 aromatic rings. The number of ether oxygens (including phenoxy) is 1. The van der Waals surface area contributed by atoms with Gasteiger partial charge in [-0.15, -0.1) is 0 Å². The van der Waals surface area contributed by atoms with Gasteiger partial charge in [-0.2, -0.15) is 0 Å². The number of hydrogen-bond acceptors (Lipinski definition) is 3. The predicted molar refractivity (Wildman–Crippen MR) is 85.5 cm³/mol. The minimum Gasteiger partial charge on any atom is -0.393 e. The fourth-order valence-corrected chi connectivity index (χ4v) is 8.56. The van der Waals surface area contributed by atoms with Gasteiger partial charge < -0.3 is 14.9 Å². The first-order chi connectivity index (χ1) is 11.3. The molecule has 12 unspecified atom stereocenters. The zero-order valence-electron chi connectivity index (χ0n) is 13.9. The Balaban J connectivity index is 1.47. The molecule has 12 atom stereocenters. The molecule has 1 aliphatic heterocycles. The topological polar surface area (TPSA) is 53.0 Å². The smallest absolute Gasteiger partial charge is 0.111 e. The molecule has 1 saturated heterocycles. The van der Waals surface area contributed by atoms with Crippen molar-refractivity contribution < 1.29 is 14.9 Å². The molecule has 0 amide bonds. The lowest BCUT2D eigenvalue weighted by atomic mass is 9.41. The molecule has 0 radical (unpaired) electrons. The van der Waals surface area contributed by atoms with Gasteiger partial charge in [-0.1, -0.05) is 25.7 Å². The summed E-state index contributed by atoms with van der Waals surface area (Å²) in [6.45, 7) is 0. The Bertz CT molecular complexity index is 495. The van der Waals surface area contributed by atoms with E-state index in [9.17, 15) is 10.2 Å². The van der Waals surface area contributed by atoms with Crippen LogP contribution in [-0.4, -0.2) is 34.6 Å². The highest BCUT2D eigenvalue weighted by molar-refractivity contribution is 5.17. The lowest BCUT2D eigenvalue weighted by Gasteiger charge is -2.64. The van der Waals surface area contributed by atoms with E-state index in [4.69, 9.17) is 4.74 Å². The maximum Gasteiger partial charge on any atom is 0.111 e. The molecular weight excluding hydrogens is 288 g/mol. The van der Waals surface area contributed by atoms with Gasteiger partial charge in [0.25, 0.3) is 0 Å². The SMILES string of the molecule is OC1CC2CCCC3C4CCCCC4C4C5OC5C(O)C1C4C23. The molecule has 23 heavy (non-hydrogen) atoms. The number of aliphatic hydroxyl groups is 2. The summed E-state index contributed by atoms with van der Waals surface area (Å²) in [5.41, 5.74) is 0. The molecule has 3 nitrogen and oxygen atoms in total. The summed E-state index contributed by atoms with van der Waals surface area (Å²) in [5, 5.41) is 21.7. The van der Waals surface area contributed by atoms with Crippen LogP contribution in [0.1, 0.15) is 51.4 Å². The summed E-state index contributed by atoms with van der Waals surface area (Å²) in [6, 6.07) is 0. The van der Waals surface area contributed by atoms with Crippen molar-refractivity contribution in [1.29, 1.82) is 0 Å². The highest BCUT2D eigenvalue weighted by atomic mass is 16.6. The molecule has 6 aliphatic rings. The zero-order chi connectivity index (χ0) is 15.3. The second-order valence-corrected chi connectivity index (χ2v) is 9.64. The Morgan fingerprint density at radius 2 is 1.39 bits per heavy atom. The largest absolute Gasteiger partial charge is 0.393 e. The molecule has 2 N–H and O–H groups in total. The second-order valence-electron chi connectivity index (χ2n) is 9.64. The third-order valence-corrected chi connectivity index (χ3v) is 9.06. The first kappa shape index (κ1) is 14.1. The van der Waals surface area contributed by atoms with Crippen molar-refractivity contribution in [3.8, 4) is 0 Å². The van der Waals surface area contributed by atoms with Gasteiger partial charge >= 0.3 is 0 Å². The maximum atomic E-state index is 10.9. The standard InChI is InChI=1S/C20H30O3/c21-13-8-9-4-3-7-11-10-5-1-2-6-12(10)15-17(14(9)11)16(13)18(22)20-19(15)23-20/h9-22H,1-8H2. The van der Waals surface area contributed by atoms with Crippen molar-refractivity contribution in [2.24, 2.45) is 47.3 Å². The Labute approximate surface area is 138 Å². The number of aliphatic hydroxyl groups excluding tert-OH is 2. The van der Waals surface area contributed by atoms with Crippen LogP contribution in [0.5, 0.6) is 0 Å². The van der Waals surface area contributed by atoms with Crippen LogP contribution >= 0.6 is 0 Å². The van der Waals surface area contributed by atoms with E-state index in [1.54, 1.807) is 0 Å². The van der Waals surface area contributed by atoms with Crippen molar-refractivity contribution in [2.75, 3.05) is 0 Å². The molecule has 1 heterocycles. The maximum absolute atomic E-state index is 10.9. The Morgan fingerprint density at radius 3 is 2.26 bits per heavy atom. The Morgan fingerprint density at radius 1 is 0.652 bits per heavy atom. The molecule has 3 heteroatoms. The van der Waals surface area contributed by atoms with Gasteiger partial charge in [0.1, 0.15) is 6.10 Å². The molecule has 5 saturated carbocycles. The molecule has 0 aromatic carbocycles. The first-order valence-corrected chi connectivity index (χ1v) is 10.3. The lowest BCUT2D eigenvalue weighted by molar-refractivity contribution is -0.193. The van der Waals surface area contributed by atoms with E-state index in [-0.39, 0.29) is 18.1 Å². The van der Waals surface area contributed by atoms with Crippen LogP contribution in [0.3, 0.4) is 0 Å². The van der Waals surface area contributed by atoms with Crippen molar-refractivity contribution >= 4 is 0 Å². The van der Waals surface area contributed by atoms with Gasteiger partial charge in [-0.3, -0.25) is 0 Å². The average Bonchev–Trinajstić information content (AvgIpc) is 3.35. The number of hydrogen-bond donors (Lipinski definition) is 2. The highest BCUT2D eigenvalue weighted by Gasteiger charge is 2.70. The van der Waals surface area contributed by atoms with Crippen molar-refractivity contribution in [2.45, 2.75) is 75.8 Å². The molecule has 0 aromatic heterocycles. The normalized spacial score (nSPS) is 66.0. The summed E-state index contributed by atoms with van der Waals surface area (Å²) < 4.78 is 6.03. The van der Waals surface area contributed by atoms with Gasteiger partial charge in [0.05, 0.1) is 18.3 Å². The van der Waals surface area contributed by atoms with Crippen LogP contribution < -0.4 is 0 Å². The van der Waals surface area contributed by atoms with E-state index >= 15 is 0 Å². The van der Waals surface area contributed by atoms with Gasteiger partial charge in [0, 0.05) is 5.92 Å². The van der Waals surface area contributed by atoms with Crippen LogP contribution in [0.15, 0.2) is 0 Å². The minimum absolute atomic E-state index is 0.0511. The van der Waals surface area contributed by atoms with Crippen molar-refractivity contribution in [3.63, 3.8) is 0 Å².